The van der Waals surface area contributed by atoms with Gasteiger partial charge in [-0.25, -0.2) is 13.4 Å². The SMILES string of the molecule is O=C(Nc1nc(-c2ccc(Cl)s2)cs1)c1ccc2c(c1)S(=O)(=O)c1ccccc1C2=O. The molecule has 0 spiro atoms. The molecular weight excluding hydrogens is 476 g/mol. The number of carbonyl (C=O) groups is 2. The van der Waals surface area contributed by atoms with Crippen LogP contribution in [0.15, 0.2) is 69.8 Å². The first kappa shape index (κ1) is 20.1. The standard InChI is InChI=1S/C21H11ClN2O4S3/c22-18-8-7-15(30-18)14-10-29-21(23-14)24-20(26)11-5-6-13-17(9-11)31(27,28)16-4-2-1-3-12(16)19(13)25/h1-10H,(H,23,24,26). The maximum Gasteiger partial charge on any atom is 0.257 e. The molecule has 1 aliphatic rings. The first-order chi connectivity index (χ1) is 14.8. The second kappa shape index (κ2) is 7.38. The van der Waals surface area contributed by atoms with E-state index in [0.29, 0.717) is 15.2 Å². The number of hydrogen-bond acceptors (Lipinski definition) is 7. The lowest BCUT2D eigenvalue weighted by molar-refractivity contribution is 0.101. The van der Waals surface area contributed by atoms with Crippen LogP contribution >= 0.6 is 34.3 Å². The maximum absolute atomic E-state index is 13.0. The van der Waals surface area contributed by atoms with E-state index in [2.05, 4.69) is 10.3 Å². The molecule has 1 amide bonds. The number of thiazole rings is 1. The number of amides is 1. The van der Waals surface area contributed by atoms with E-state index in [0.717, 1.165) is 4.88 Å². The molecular formula is C21H11ClN2O4S3. The van der Waals surface area contributed by atoms with Gasteiger partial charge in [0.1, 0.15) is 0 Å². The molecule has 1 N–H and O–H groups in total. The predicted octanol–water partition coefficient (Wildman–Crippen LogP) is 5.15. The molecule has 3 heterocycles. The summed E-state index contributed by atoms with van der Waals surface area (Å²) in [7, 11) is -3.92. The van der Waals surface area contributed by atoms with Crippen LogP contribution in [0.1, 0.15) is 26.3 Å². The molecule has 5 rings (SSSR count). The minimum atomic E-state index is -3.92. The molecule has 0 aliphatic carbocycles. The maximum atomic E-state index is 13.0. The molecule has 154 valence electrons. The molecule has 0 saturated carbocycles. The number of hydrogen-bond donors (Lipinski definition) is 1. The Labute approximate surface area is 190 Å². The van der Waals surface area contributed by atoms with Crippen molar-refractivity contribution in [3.8, 4) is 10.6 Å². The number of nitrogens with zero attached hydrogens (tertiary/aromatic N) is 1. The number of aromatic nitrogens is 1. The van der Waals surface area contributed by atoms with Crippen molar-refractivity contribution in [2.75, 3.05) is 5.32 Å². The Morgan fingerprint density at radius 2 is 1.77 bits per heavy atom. The lowest BCUT2D eigenvalue weighted by Gasteiger charge is -2.19. The first-order valence-electron chi connectivity index (χ1n) is 8.90. The number of carbonyl (C=O) groups excluding carboxylic acids is 2. The minimum absolute atomic E-state index is 0.0516. The predicted molar refractivity (Wildman–Crippen MR) is 120 cm³/mol. The van der Waals surface area contributed by atoms with Gasteiger partial charge in [-0.2, -0.15) is 0 Å². The van der Waals surface area contributed by atoms with Gasteiger partial charge >= 0.3 is 0 Å². The highest BCUT2D eigenvalue weighted by molar-refractivity contribution is 7.91. The van der Waals surface area contributed by atoms with Crippen LogP contribution in [0.4, 0.5) is 5.13 Å². The van der Waals surface area contributed by atoms with Crippen molar-refractivity contribution in [2.45, 2.75) is 9.79 Å². The molecule has 10 heteroatoms. The van der Waals surface area contributed by atoms with Crippen molar-refractivity contribution in [3.05, 3.63) is 81.0 Å². The fourth-order valence-electron chi connectivity index (χ4n) is 3.29. The lowest BCUT2D eigenvalue weighted by Crippen LogP contribution is -2.21. The van der Waals surface area contributed by atoms with Crippen LogP contribution in [-0.2, 0) is 9.84 Å². The smallest absolute Gasteiger partial charge is 0.257 e. The molecule has 0 fully saturated rings. The van der Waals surface area contributed by atoms with Gasteiger partial charge in [-0.1, -0.05) is 23.7 Å². The van der Waals surface area contributed by atoms with Crippen molar-refractivity contribution in [2.24, 2.45) is 0 Å². The summed E-state index contributed by atoms with van der Waals surface area (Å²) in [6, 6.07) is 13.7. The highest BCUT2D eigenvalue weighted by Crippen LogP contribution is 2.35. The molecule has 4 aromatic rings. The van der Waals surface area contributed by atoms with Crippen molar-refractivity contribution in [1.82, 2.24) is 4.98 Å². The normalized spacial score (nSPS) is 14.0. The van der Waals surface area contributed by atoms with E-state index >= 15 is 0 Å². The largest absolute Gasteiger partial charge is 0.298 e. The van der Waals surface area contributed by atoms with Crippen LogP contribution in [0.3, 0.4) is 0 Å². The van der Waals surface area contributed by atoms with E-state index < -0.39 is 15.7 Å². The van der Waals surface area contributed by atoms with E-state index in [1.807, 2.05) is 6.07 Å². The van der Waals surface area contributed by atoms with Gasteiger partial charge in [0.2, 0.25) is 9.84 Å². The third kappa shape index (κ3) is 3.39. The van der Waals surface area contributed by atoms with Crippen LogP contribution in [0, 0.1) is 0 Å². The van der Waals surface area contributed by atoms with Gasteiger partial charge in [-0.3, -0.25) is 14.9 Å². The van der Waals surface area contributed by atoms with Gasteiger partial charge in [0.25, 0.3) is 5.91 Å². The fourth-order valence-corrected chi connectivity index (χ4v) is 6.75. The third-order valence-corrected chi connectivity index (χ3v) is 8.61. The highest BCUT2D eigenvalue weighted by atomic mass is 35.5. The average molecular weight is 487 g/mol. The van der Waals surface area contributed by atoms with Crippen LogP contribution in [0.2, 0.25) is 4.34 Å². The summed E-state index contributed by atoms with van der Waals surface area (Å²) in [4.78, 5) is 30.5. The summed E-state index contributed by atoms with van der Waals surface area (Å²) >= 11 is 8.58. The Morgan fingerprint density at radius 1 is 1.00 bits per heavy atom. The quantitative estimate of drug-likeness (QED) is 0.380. The van der Waals surface area contributed by atoms with Gasteiger partial charge in [0.15, 0.2) is 10.9 Å². The zero-order valence-corrected chi connectivity index (χ0v) is 18.7. The Morgan fingerprint density at radius 3 is 2.55 bits per heavy atom. The summed E-state index contributed by atoms with van der Waals surface area (Å²) in [5.41, 5.74) is 0.996. The van der Waals surface area contributed by atoms with Gasteiger partial charge in [0, 0.05) is 22.1 Å². The van der Waals surface area contributed by atoms with Crippen LogP contribution in [-0.4, -0.2) is 25.1 Å². The van der Waals surface area contributed by atoms with Crippen molar-refractivity contribution < 1.29 is 18.0 Å². The second-order valence-electron chi connectivity index (χ2n) is 6.64. The Kier molecular flexibility index (Phi) is 4.78. The zero-order chi connectivity index (χ0) is 21.8. The number of rotatable bonds is 3. The molecule has 2 aromatic heterocycles. The van der Waals surface area contributed by atoms with Gasteiger partial charge in [-0.05, 0) is 42.5 Å². The molecule has 0 saturated heterocycles. The minimum Gasteiger partial charge on any atom is -0.298 e. The summed E-state index contributed by atoms with van der Waals surface area (Å²) in [6.07, 6.45) is 0. The van der Waals surface area contributed by atoms with Gasteiger partial charge in [0.05, 0.1) is 24.7 Å². The Hall–Kier alpha value is -2.85. The summed E-state index contributed by atoms with van der Waals surface area (Å²) < 4.78 is 26.7. The number of ketones is 1. The molecule has 0 atom stereocenters. The van der Waals surface area contributed by atoms with E-state index in [-0.39, 0.29) is 32.3 Å². The topological polar surface area (TPSA) is 93.2 Å². The number of anilines is 1. The molecule has 6 nitrogen and oxygen atoms in total. The fraction of sp³-hybridized carbons (Fsp3) is 0. The number of halogens is 1. The molecule has 2 aromatic carbocycles. The number of fused-ring (bicyclic) bond motifs is 2. The summed E-state index contributed by atoms with van der Waals surface area (Å²) in [6.45, 7) is 0. The molecule has 0 radical (unpaired) electrons. The van der Waals surface area contributed by atoms with E-state index in [1.165, 1.54) is 53.0 Å². The number of thiophene rings is 1. The van der Waals surface area contributed by atoms with Crippen LogP contribution in [0.5, 0.6) is 0 Å². The zero-order valence-electron chi connectivity index (χ0n) is 15.5. The van der Waals surface area contributed by atoms with E-state index in [9.17, 15) is 18.0 Å². The molecule has 0 unspecified atom stereocenters. The van der Waals surface area contributed by atoms with Gasteiger partial charge in [-0.15, -0.1) is 22.7 Å². The second-order valence-corrected chi connectivity index (χ2v) is 11.1. The molecule has 1 aliphatic heterocycles. The van der Waals surface area contributed by atoms with Crippen molar-refractivity contribution in [3.63, 3.8) is 0 Å². The van der Waals surface area contributed by atoms with Gasteiger partial charge < -0.3 is 0 Å². The Bertz CT molecular complexity index is 1490. The number of sulfone groups is 1. The number of nitrogens with one attached hydrogen (secondary N) is 1. The monoisotopic (exact) mass is 486 g/mol. The van der Waals surface area contributed by atoms with E-state index in [1.54, 1.807) is 23.6 Å². The number of benzene rings is 2. The summed E-state index contributed by atoms with van der Waals surface area (Å²) in [5.74, 6) is -0.902. The van der Waals surface area contributed by atoms with Crippen molar-refractivity contribution in [1.29, 1.82) is 0 Å². The first-order valence-corrected chi connectivity index (χ1v) is 12.5. The summed E-state index contributed by atoms with van der Waals surface area (Å²) in [5, 5.41) is 4.84. The van der Waals surface area contributed by atoms with Crippen LogP contribution in [0.25, 0.3) is 10.6 Å². The van der Waals surface area contributed by atoms with Crippen LogP contribution < -0.4 is 5.32 Å². The molecule has 0 bridgehead atoms. The third-order valence-electron chi connectivity index (χ3n) is 4.75. The van der Waals surface area contributed by atoms with E-state index in [4.69, 9.17) is 11.6 Å². The molecule has 31 heavy (non-hydrogen) atoms. The van der Waals surface area contributed by atoms with Crippen molar-refractivity contribution >= 4 is 60.9 Å². The lowest BCUT2D eigenvalue weighted by atomic mass is 10.0. The highest BCUT2D eigenvalue weighted by Gasteiger charge is 2.35. The average Bonchev–Trinajstić information content (AvgIpc) is 3.41. The Balaban J connectivity index is 1.46.